The standard InChI is InChI=1S/C15H15ClN2O3/c1-2-21-14-9-17-8-13(18-14)12(15(19)20)7-10-3-5-11(16)6-4-10/h3-6,8-9,12H,2,7H2,1H3,(H,19,20). The zero-order valence-corrected chi connectivity index (χ0v) is 12.2. The van der Waals surface area contributed by atoms with E-state index in [2.05, 4.69) is 9.97 Å². The number of carboxylic acids is 1. The Bertz CT molecular complexity index is 617. The second kappa shape index (κ2) is 7.04. The molecule has 0 aliphatic heterocycles. The van der Waals surface area contributed by atoms with Crippen LogP contribution in [0.4, 0.5) is 0 Å². The molecule has 1 atom stereocenters. The Kier molecular flexibility index (Phi) is 5.11. The zero-order chi connectivity index (χ0) is 15.2. The molecule has 0 spiro atoms. The maximum Gasteiger partial charge on any atom is 0.312 e. The second-order valence-corrected chi connectivity index (χ2v) is 4.87. The maximum absolute atomic E-state index is 11.5. The predicted molar refractivity (Wildman–Crippen MR) is 78.7 cm³/mol. The molecule has 2 aromatic rings. The summed E-state index contributed by atoms with van der Waals surface area (Å²) < 4.78 is 5.26. The van der Waals surface area contributed by atoms with Gasteiger partial charge in [-0.25, -0.2) is 4.98 Å². The van der Waals surface area contributed by atoms with Gasteiger partial charge < -0.3 is 9.84 Å². The molecule has 0 fully saturated rings. The molecule has 0 aliphatic carbocycles. The lowest BCUT2D eigenvalue weighted by Gasteiger charge is -2.12. The minimum absolute atomic E-state index is 0.316. The molecule has 2 rings (SSSR count). The Labute approximate surface area is 127 Å². The fraction of sp³-hybridized carbons (Fsp3) is 0.267. The van der Waals surface area contributed by atoms with Crippen LogP contribution in [-0.2, 0) is 11.2 Å². The summed E-state index contributed by atoms with van der Waals surface area (Å²) >= 11 is 5.83. The van der Waals surface area contributed by atoms with E-state index in [1.807, 2.05) is 6.92 Å². The summed E-state index contributed by atoms with van der Waals surface area (Å²) in [4.78, 5) is 19.7. The number of ether oxygens (including phenoxy) is 1. The number of hydrogen-bond acceptors (Lipinski definition) is 4. The van der Waals surface area contributed by atoms with E-state index in [1.165, 1.54) is 12.4 Å². The molecule has 0 saturated heterocycles. The highest BCUT2D eigenvalue weighted by Crippen LogP contribution is 2.22. The van der Waals surface area contributed by atoms with E-state index in [-0.39, 0.29) is 0 Å². The van der Waals surface area contributed by atoms with Crippen molar-refractivity contribution < 1.29 is 14.6 Å². The topological polar surface area (TPSA) is 72.3 Å². The van der Waals surface area contributed by atoms with Crippen molar-refractivity contribution in [1.29, 1.82) is 0 Å². The molecule has 21 heavy (non-hydrogen) atoms. The summed E-state index contributed by atoms with van der Waals surface area (Å²) in [6.45, 7) is 2.28. The molecule has 0 saturated carbocycles. The first-order chi connectivity index (χ1) is 10.1. The molecule has 1 aromatic heterocycles. The van der Waals surface area contributed by atoms with Crippen molar-refractivity contribution in [3.63, 3.8) is 0 Å². The minimum Gasteiger partial charge on any atom is -0.481 e. The molecule has 1 aromatic carbocycles. The van der Waals surface area contributed by atoms with E-state index in [9.17, 15) is 9.90 Å². The fourth-order valence-electron chi connectivity index (χ4n) is 1.92. The summed E-state index contributed by atoms with van der Waals surface area (Å²) in [5.74, 6) is -1.40. The van der Waals surface area contributed by atoms with Gasteiger partial charge in [-0.2, -0.15) is 0 Å². The minimum atomic E-state index is -0.951. The van der Waals surface area contributed by atoms with Crippen LogP contribution in [0, 0.1) is 0 Å². The molecule has 5 nitrogen and oxygen atoms in total. The molecule has 0 radical (unpaired) electrons. The predicted octanol–water partition coefficient (Wildman–Crippen LogP) is 2.94. The van der Waals surface area contributed by atoms with E-state index < -0.39 is 11.9 Å². The highest BCUT2D eigenvalue weighted by molar-refractivity contribution is 6.30. The van der Waals surface area contributed by atoms with Crippen molar-refractivity contribution in [3.8, 4) is 5.88 Å². The van der Waals surface area contributed by atoms with E-state index in [0.29, 0.717) is 29.6 Å². The van der Waals surface area contributed by atoms with Gasteiger partial charge in [-0.3, -0.25) is 9.78 Å². The van der Waals surface area contributed by atoms with Crippen molar-refractivity contribution in [2.45, 2.75) is 19.3 Å². The molecule has 0 amide bonds. The van der Waals surface area contributed by atoms with Gasteiger partial charge in [0.2, 0.25) is 5.88 Å². The average molecular weight is 307 g/mol. The number of carbonyl (C=O) groups is 1. The van der Waals surface area contributed by atoms with Crippen molar-refractivity contribution in [3.05, 3.63) is 52.9 Å². The van der Waals surface area contributed by atoms with Gasteiger partial charge in [0.1, 0.15) is 5.92 Å². The lowest BCUT2D eigenvalue weighted by Crippen LogP contribution is -2.16. The van der Waals surface area contributed by atoms with Crippen LogP contribution in [0.2, 0.25) is 5.02 Å². The Morgan fingerprint density at radius 2 is 2.05 bits per heavy atom. The fourth-order valence-corrected chi connectivity index (χ4v) is 2.05. The number of hydrogen-bond donors (Lipinski definition) is 1. The van der Waals surface area contributed by atoms with E-state index in [0.717, 1.165) is 5.56 Å². The van der Waals surface area contributed by atoms with Gasteiger partial charge in [0, 0.05) is 11.2 Å². The van der Waals surface area contributed by atoms with Crippen LogP contribution in [0.1, 0.15) is 24.1 Å². The number of nitrogens with zero attached hydrogens (tertiary/aromatic N) is 2. The molecule has 0 aliphatic rings. The van der Waals surface area contributed by atoms with Gasteiger partial charge in [0.05, 0.1) is 18.5 Å². The van der Waals surface area contributed by atoms with E-state index in [4.69, 9.17) is 16.3 Å². The van der Waals surface area contributed by atoms with E-state index in [1.54, 1.807) is 24.3 Å². The second-order valence-electron chi connectivity index (χ2n) is 4.44. The molecule has 1 N–H and O–H groups in total. The van der Waals surface area contributed by atoms with Gasteiger partial charge in [-0.05, 0) is 31.0 Å². The van der Waals surface area contributed by atoms with Crippen LogP contribution < -0.4 is 4.74 Å². The third-order valence-electron chi connectivity index (χ3n) is 2.93. The smallest absolute Gasteiger partial charge is 0.312 e. The first-order valence-electron chi connectivity index (χ1n) is 6.52. The van der Waals surface area contributed by atoms with Crippen LogP contribution in [0.25, 0.3) is 0 Å². The maximum atomic E-state index is 11.5. The number of benzene rings is 1. The Balaban J connectivity index is 2.24. The molecule has 0 bridgehead atoms. The normalized spacial score (nSPS) is 11.9. The zero-order valence-electron chi connectivity index (χ0n) is 11.5. The molecule has 1 heterocycles. The quantitative estimate of drug-likeness (QED) is 0.888. The van der Waals surface area contributed by atoms with Crippen molar-refractivity contribution >= 4 is 17.6 Å². The molecule has 6 heteroatoms. The molecule has 110 valence electrons. The number of aromatic nitrogens is 2. The van der Waals surface area contributed by atoms with Gasteiger partial charge in [0.15, 0.2) is 0 Å². The first-order valence-corrected chi connectivity index (χ1v) is 6.90. The average Bonchev–Trinajstić information content (AvgIpc) is 2.47. The number of aliphatic carboxylic acids is 1. The van der Waals surface area contributed by atoms with Gasteiger partial charge in [-0.1, -0.05) is 23.7 Å². The van der Waals surface area contributed by atoms with Crippen LogP contribution in [0.5, 0.6) is 5.88 Å². The van der Waals surface area contributed by atoms with Crippen molar-refractivity contribution in [2.75, 3.05) is 6.61 Å². The molecular weight excluding hydrogens is 292 g/mol. The molecule has 1 unspecified atom stereocenters. The highest BCUT2D eigenvalue weighted by atomic mass is 35.5. The third kappa shape index (κ3) is 4.16. The van der Waals surface area contributed by atoms with Crippen LogP contribution in [0.15, 0.2) is 36.7 Å². The number of carboxylic acid groups (broad SMARTS) is 1. The van der Waals surface area contributed by atoms with Crippen molar-refractivity contribution in [2.24, 2.45) is 0 Å². The first kappa shape index (κ1) is 15.3. The lowest BCUT2D eigenvalue weighted by molar-refractivity contribution is -0.138. The van der Waals surface area contributed by atoms with Crippen LogP contribution >= 0.6 is 11.6 Å². The highest BCUT2D eigenvalue weighted by Gasteiger charge is 2.22. The van der Waals surface area contributed by atoms with Gasteiger partial charge >= 0.3 is 5.97 Å². The Hall–Kier alpha value is -2.14. The summed E-state index contributed by atoms with van der Waals surface area (Å²) in [6.07, 6.45) is 3.24. The summed E-state index contributed by atoms with van der Waals surface area (Å²) in [6, 6.07) is 7.08. The van der Waals surface area contributed by atoms with Gasteiger partial charge in [-0.15, -0.1) is 0 Å². The van der Waals surface area contributed by atoms with Gasteiger partial charge in [0.25, 0.3) is 0 Å². The largest absolute Gasteiger partial charge is 0.481 e. The lowest BCUT2D eigenvalue weighted by atomic mass is 9.96. The summed E-state index contributed by atoms with van der Waals surface area (Å²) in [7, 11) is 0. The number of halogens is 1. The Morgan fingerprint density at radius 1 is 1.33 bits per heavy atom. The summed E-state index contributed by atoms with van der Waals surface area (Å²) in [5, 5.41) is 10.0. The SMILES string of the molecule is CCOc1cncc(C(Cc2ccc(Cl)cc2)C(=O)O)n1. The van der Waals surface area contributed by atoms with E-state index >= 15 is 0 Å². The van der Waals surface area contributed by atoms with Crippen LogP contribution in [-0.4, -0.2) is 27.7 Å². The van der Waals surface area contributed by atoms with Crippen LogP contribution in [0.3, 0.4) is 0 Å². The summed E-state index contributed by atoms with van der Waals surface area (Å²) in [5.41, 5.74) is 1.25. The monoisotopic (exact) mass is 306 g/mol. The Morgan fingerprint density at radius 3 is 2.67 bits per heavy atom. The van der Waals surface area contributed by atoms with Crippen molar-refractivity contribution in [1.82, 2.24) is 9.97 Å². The third-order valence-corrected chi connectivity index (χ3v) is 3.18. The number of rotatable bonds is 6. The molecular formula is C15H15ClN2O3.